The van der Waals surface area contributed by atoms with E-state index in [4.69, 9.17) is 9.47 Å². The van der Waals surface area contributed by atoms with E-state index in [1.807, 2.05) is 49.4 Å². The summed E-state index contributed by atoms with van der Waals surface area (Å²) in [4.78, 5) is 10.3. The van der Waals surface area contributed by atoms with Gasteiger partial charge in [0.2, 0.25) is 6.41 Å². The Morgan fingerprint density at radius 3 is 2.48 bits per heavy atom. The summed E-state index contributed by atoms with van der Waals surface area (Å²) in [5.41, 5.74) is 3.21. The minimum atomic E-state index is 0.687. The number of hydrogen-bond donors (Lipinski definition) is 1. The fourth-order valence-electron chi connectivity index (χ4n) is 2.37. The molecule has 0 aromatic heterocycles. The predicted octanol–water partition coefficient (Wildman–Crippen LogP) is 3.97. The van der Waals surface area contributed by atoms with E-state index in [9.17, 15) is 4.79 Å². The lowest BCUT2D eigenvalue weighted by atomic mass is 10.1. The van der Waals surface area contributed by atoms with Crippen LogP contribution in [0.1, 0.15) is 24.0 Å². The molecule has 2 aromatic rings. The molecule has 4 nitrogen and oxygen atoms in total. The smallest absolute Gasteiger partial charge is 0.211 e. The van der Waals surface area contributed by atoms with E-state index in [0.29, 0.717) is 13.0 Å². The number of methoxy groups -OCH3 is 1. The molecule has 2 rings (SSSR count). The molecule has 0 aliphatic heterocycles. The molecule has 0 fully saturated rings. The van der Waals surface area contributed by atoms with Crippen LogP contribution in [-0.2, 0) is 11.2 Å². The Balaban J connectivity index is 1.71. The van der Waals surface area contributed by atoms with Crippen molar-refractivity contribution in [1.29, 1.82) is 0 Å². The maximum atomic E-state index is 10.3. The van der Waals surface area contributed by atoms with Crippen LogP contribution >= 0.6 is 0 Å². The Morgan fingerprint density at radius 1 is 1.04 bits per heavy atom. The third kappa shape index (κ3) is 5.66. The Morgan fingerprint density at radius 2 is 1.78 bits per heavy atom. The van der Waals surface area contributed by atoms with Crippen LogP contribution in [0, 0.1) is 6.92 Å². The van der Waals surface area contributed by atoms with E-state index in [2.05, 4.69) is 5.32 Å². The molecule has 0 saturated heterocycles. The molecule has 4 heteroatoms. The second-order valence-corrected chi connectivity index (χ2v) is 5.45. The molecule has 1 N–H and O–H groups in total. The molecule has 1 amide bonds. The first-order chi connectivity index (χ1) is 11.2. The third-order valence-corrected chi connectivity index (χ3v) is 3.57. The zero-order valence-corrected chi connectivity index (χ0v) is 13.7. The summed E-state index contributed by atoms with van der Waals surface area (Å²) in [5.74, 6) is 1.68. The van der Waals surface area contributed by atoms with Gasteiger partial charge in [0.15, 0.2) is 0 Å². The van der Waals surface area contributed by atoms with E-state index in [0.717, 1.165) is 42.0 Å². The maximum absolute atomic E-state index is 10.3. The monoisotopic (exact) mass is 313 g/mol. The Hall–Kier alpha value is -2.49. The largest absolute Gasteiger partial charge is 0.497 e. The van der Waals surface area contributed by atoms with Gasteiger partial charge < -0.3 is 14.8 Å². The summed E-state index contributed by atoms with van der Waals surface area (Å²) in [6.07, 6.45) is 3.74. The van der Waals surface area contributed by atoms with Gasteiger partial charge in [0, 0.05) is 11.8 Å². The summed E-state index contributed by atoms with van der Waals surface area (Å²) >= 11 is 0. The Bertz CT molecular complexity index is 623. The van der Waals surface area contributed by atoms with Crippen molar-refractivity contribution in [2.75, 3.05) is 19.0 Å². The SMILES string of the molecule is COc1cc(C)cc(OCCCCc2ccc(NC=O)cc2)c1. The zero-order chi connectivity index (χ0) is 16.5. The molecular weight excluding hydrogens is 290 g/mol. The summed E-state index contributed by atoms with van der Waals surface area (Å²) in [7, 11) is 1.66. The van der Waals surface area contributed by atoms with Crippen molar-refractivity contribution in [3.05, 3.63) is 53.6 Å². The number of hydrogen-bond acceptors (Lipinski definition) is 3. The highest BCUT2D eigenvalue weighted by atomic mass is 16.5. The second-order valence-electron chi connectivity index (χ2n) is 5.45. The van der Waals surface area contributed by atoms with Crippen LogP contribution in [0.15, 0.2) is 42.5 Å². The van der Waals surface area contributed by atoms with Crippen molar-refractivity contribution in [3.8, 4) is 11.5 Å². The van der Waals surface area contributed by atoms with Gasteiger partial charge in [-0.05, 0) is 61.6 Å². The van der Waals surface area contributed by atoms with Crippen LogP contribution in [0.4, 0.5) is 5.69 Å². The summed E-state index contributed by atoms with van der Waals surface area (Å²) < 4.78 is 11.0. The van der Waals surface area contributed by atoms with E-state index >= 15 is 0 Å². The van der Waals surface area contributed by atoms with Crippen LogP contribution in [0.3, 0.4) is 0 Å². The van der Waals surface area contributed by atoms with Gasteiger partial charge in [-0.25, -0.2) is 0 Å². The molecule has 0 bridgehead atoms. The van der Waals surface area contributed by atoms with Gasteiger partial charge in [0.1, 0.15) is 11.5 Å². The Kier molecular flexibility index (Phi) is 6.48. The second kappa shape index (κ2) is 8.83. The van der Waals surface area contributed by atoms with Crippen molar-refractivity contribution < 1.29 is 14.3 Å². The number of carbonyl (C=O) groups excluding carboxylic acids is 1. The number of aryl methyl sites for hydroxylation is 2. The van der Waals surface area contributed by atoms with Gasteiger partial charge >= 0.3 is 0 Å². The normalized spacial score (nSPS) is 10.2. The molecule has 23 heavy (non-hydrogen) atoms. The van der Waals surface area contributed by atoms with Gasteiger partial charge in [-0.15, -0.1) is 0 Å². The summed E-state index contributed by atoms with van der Waals surface area (Å²) in [6.45, 7) is 2.72. The lowest BCUT2D eigenvalue weighted by Gasteiger charge is -2.09. The standard InChI is InChI=1S/C19H23NO3/c1-15-11-18(22-2)13-19(12-15)23-10-4-3-5-16-6-8-17(9-7-16)20-14-21/h6-9,11-14H,3-5,10H2,1-2H3,(H,20,21). The van der Waals surface area contributed by atoms with Gasteiger partial charge in [-0.3, -0.25) is 4.79 Å². The predicted molar refractivity (Wildman–Crippen MR) is 92.3 cm³/mol. The maximum Gasteiger partial charge on any atom is 0.211 e. The Labute approximate surface area is 137 Å². The molecule has 0 saturated carbocycles. The average Bonchev–Trinajstić information content (AvgIpc) is 2.56. The van der Waals surface area contributed by atoms with E-state index in [1.165, 1.54) is 5.56 Å². The molecule has 0 unspecified atom stereocenters. The van der Waals surface area contributed by atoms with Crippen LogP contribution < -0.4 is 14.8 Å². The number of unbranched alkanes of at least 4 members (excludes halogenated alkanes) is 1. The highest BCUT2D eigenvalue weighted by Gasteiger charge is 2.00. The van der Waals surface area contributed by atoms with Crippen molar-refractivity contribution in [2.24, 2.45) is 0 Å². The quantitative estimate of drug-likeness (QED) is 0.563. The topological polar surface area (TPSA) is 47.6 Å². The average molecular weight is 313 g/mol. The van der Waals surface area contributed by atoms with Crippen molar-refractivity contribution in [1.82, 2.24) is 0 Å². The number of nitrogens with one attached hydrogen (secondary N) is 1. The number of benzene rings is 2. The van der Waals surface area contributed by atoms with E-state index in [-0.39, 0.29) is 0 Å². The van der Waals surface area contributed by atoms with Gasteiger partial charge in [-0.2, -0.15) is 0 Å². The molecule has 0 aliphatic rings. The number of anilines is 1. The van der Waals surface area contributed by atoms with Gasteiger partial charge in [0.25, 0.3) is 0 Å². The van der Waals surface area contributed by atoms with Crippen LogP contribution in [0.2, 0.25) is 0 Å². The zero-order valence-electron chi connectivity index (χ0n) is 13.7. The van der Waals surface area contributed by atoms with Crippen molar-refractivity contribution in [3.63, 3.8) is 0 Å². The number of ether oxygens (including phenoxy) is 2. The molecular formula is C19H23NO3. The first-order valence-corrected chi connectivity index (χ1v) is 7.79. The number of rotatable bonds is 9. The van der Waals surface area contributed by atoms with Gasteiger partial charge in [-0.1, -0.05) is 12.1 Å². The van der Waals surface area contributed by atoms with Crippen LogP contribution in [0.25, 0.3) is 0 Å². The molecule has 2 aromatic carbocycles. The lowest BCUT2D eigenvalue weighted by Crippen LogP contribution is -1.99. The highest BCUT2D eigenvalue weighted by Crippen LogP contribution is 2.22. The summed E-state index contributed by atoms with van der Waals surface area (Å²) in [5, 5.41) is 2.63. The fraction of sp³-hybridized carbons (Fsp3) is 0.316. The van der Waals surface area contributed by atoms with E-state index in [1.54, 1.807) is 7.11 Å². The lowest BCUT2D eigenvalue weighted by molar-refractivity contribution is -0.105. The number of amides is 1. The third-order valence-electron chi connectivity index (χ3n) is 3.57. The summed E-state index contributed by atoms with van der Waals surface area (Å²) in [6, 6.07) is 13.8. The first kappa shape index (κ1) is 16.9. The fourth-order valence-corrected chi connectivity index (χ4v) is 2.37. The van der Waals surface area contributed by atoms with Gasteiger partial charge in [0.05, 0.1) is 13.7 Å². The van der Waals surface area contributed by atoms with Crippen molar-refractivity contribution in [2.45, 2.75) is 26.2 Å². The minimum Gasteiger partial charge on any atom is -0.497 e. The molecule has 0 heterocycles. The number of carbonyl (C=O) groups is 1. The molecule has 0 aliphatic carbocycles. The molecule has 0 spiro atoms. The van der Waals surface area contributed by atoms with Crippen molar-refractivity contribution >= 4 is 12.1 Å². The van der Waals surface area contributed by atoms with E-state index < -0.39 is 0 Å². The van der Waals surface area contributed by atoms with Crippen LogP contribution in [-0.4, -0.2) is 20.1 Å². The molecule has 122 valence electrons. The minimum absolute atomic E-state index is 0.687. The molecule has 0 radical (unpaired) electrons. The molecule has 0 atom stereocenters. The first-order valence-electron chi connectivity index (χ1n) is 7.79. The highest BCUT2D eigenvalue weighted by molar-refractivity contribution is 5.71. The van der Waals surface area contributed by atoms with Crippen LogP contribution in [0.5, 0.6) is 11.5 Å².